The molecular formula is C14H16BrNO2. The fourth-order valence-electron chi connectivity index (χ4n) is 1.78. The maximum atomic E-state index is 5.41. The first-order chi connectivity index (χ1) is 8.72. The summed E-state index contributed by atoms with van der Waals surface area (Å²) in [6, 6.07) is 8.02. The monoisotopic (exact) mass is 309 g/mol. The smallest absolute Gasteiger partial charge is 0.125 e. The Bertz CT molecular complexity index is 522. The molecule has 1 aromatic heterocycles. The number of methoxy groups -OCH3 is 1. The number of halogens is 1. The Morgan fingerprint density at radius 3 is 2.83 bits per heavy atom. The highest BCUT2D eigenvalue weighted by molar-refractivity contribution is 9.10. The molecule has 1 aromatic carbocycles. The largest absolute Gasteiger partial charge is 0.467 e. The van der Waals surface area contributed by atoms with Crippen LogP contribution in [-0.4, -0.2) is 7.11 Å². The number of ether oxygens (including phenoxy) is 1. The quantitative estimate of drug-likeness (QED) is 0.902. The minimum Gasteiger partial charge on any atom is -0.467 e. The first kappa shape index (κ1) is 13.2. The van der Waals surface area contributed by atoms with Gasteiger partial charge in [0.15, 0.2) is 0 Å². The molecule has 0 aliphatic rings. The second-order valence-electron chi connectivity index (χ2n) is 4.08. The summed E-state index contributed by atoms with van der Waals surface area (Å²) >= 11 is 3.54. The molecule has 0 fully saturated rings. The fraction of sp³-hybridized carbons (Fsp3) is 0.286. The van der Waals surface area contributed by atoms with Crippen LogP contribution in [0.25, 0.3) is 0 Å². The van der Waals surface area contributed by atoms with Crippen LogP contribution in [0.5, 0.6) is 0 Å². The van der Waals surface area contributed by atoms with Crippen molar-refractivity contribution in [1.82, 2.24) is 0 Å². The van der Waals surface area contributed by atoms with E-state index in [0.29, 0.717) is 13.2 Å². The zero-order chi connectivity index (χ0) is 13.0. The predicted molar refractivity (Wildman–Crippen MR) is 75.6 cm³/mol. The first-order valence-corrected chi connectivity index (χ1v) is 6.55. The van der Waals surface area contributed by atoms with Gasteiger partial charge in [-0.2, -0.15) is 0 Å². The lowest BCUT2D eigenvalue weighted by molar-refractivity contribution is 0.185. The zero-order valence-electron chi connectivity index (χ0n) is 10.5. The predicted octanol–water partition coefficient (Wildman–Crippen LogP) is 4.11. The van der Waals surface area contributed by atoms with Gasteiger partial charge in [-0.25, -0.2) is 0 Å². The van der Waals surface area contributed by atoms with E-state index >= 15 is 0 Å². The van der Waals surface area contributed by atoms with Gasteiger partial charge >= 0.3 is 0 Å². The number of anilines is 1. The van der Waals surface area contributed by atoms with E-state index in [1.807, 2.05) is 31.2 Å². The van der Waals surface area contributed by atoms with E-state index < -0.39 is 0 Å². The van der Waals surface area contributed by atoms with Crippen molar-refractivity contribution in [1.29, 1.82) is 0 Å². The molecule has 0 amide bonds. The van der Waals surface area contributed by atoms with Crippen LogP contribution >= 0.6 is 15.9 Å². The van der Waals surface area contributed by atoms with Gasteiger partial charge in [-0.05, 0) is 30.7 Å². The highest BCUT2D eigenvalue weighted by Gasteiger charge is 2.07. The van der Waals surface area contributed by atoms with Crippen molar-refractivity contribution >= 4 is 21.6 Å². The minimum absolute atomic E-state index is 0.570. The number of furan rings is 1. The molecule has 1 heterocycles. The molecule has 4 heteroatoms. The Kier molecular flexibility index (Phi) is 4.44. The van der Waals surface area contributed by atoms with Gasteiger partial charge in [0.2, 0.25) is 0 Å². The van der Waals surface area contributed by atoms with Gasteiger partial charge in [0.1, 0.15) is 5.76 Å². The van der Waals surface area contributed by atoms with E-state index in [1.54, 1.807) is 13.4 Å². The molecule has 1 N–H and O–H groups in total. The molecule has 96 valence electrons. The number of benzene rings is 1. The molecule has 0 atom stereocenters. The summed E-state index contributed by atoms with van der Waals surface area (Å²) in [4.78, 5) is 0. The third kappa shape index (κ3) is 2.94. The summed E-state index contributed by atoms with van der Waals surface area (Å²) in [6.45, 7) is 3.28. The molecule has 0 unspecified atom stereocenters. The molecule has 2 rings (SSSR count). The third-order valence-electron chi connectivity index (χ3n) is 2.82. The summed E-state index contributed by atoms with van der Waals surface area (Å²) < 4.78 is 11.7. The summed E-state index contributed by atoms with van der Waals surface area (Å²) in [5, 5.41) is 3.38. The van der Waals surface area contributed by atoms with Crippen LogP contribution in [0.15, 0.2) is 39.4 Å². The SMILES string of the molecule is COCc1c(Br)cccc1NCc1occc1C. The van der Waals surface area contributed by atoms with Crippen LogP contribution in [0.2, 0.25) is 0 Å². The third-order valence-corrected chi connectivity index (χ3v) is 3.56. The second kappa shape index (κ2) is 6.07. The molecule has 0 saturated carbocycles. The summed E-state index contributed by atoms with van der Waals surface area (Å²) in [7, 11) is 1.69. The molecule has 0 bridgehead atoms. The molecular weight excluding hydrogens is 294 g/mol. The molecule has 0 spiro atoms. The van der Waals surface area contributed by atoms with Crippen molar-refractivity contribution in [3.05, 3.63) is 51.9 Å². The summed E-state index contributed by atoms with van der Waals surface area (Å²) in [6.07, 6.45) is 1.71. The Morgan fingerprint density at radius 1 is 1.33 bits per heavy atom. The average Bonchev–Trinajstić information content (AvgIpc) is 2.76. The lowest BCUT2D eigenvalue weighted by atomic mass is 10.2. The highest BCUT2D eigenvalue weighted by Crippen LogP contribution is 2.26. The van der Waals surface area contributed by atoms with Crippen LogP contribution in [0.1, 0.15) is 16.9 Å². The lowest BCUT2D eigenvalue weighted by Crippen LogP contribution is -2.04. The average molecular weight is 310 g/mol. The Hall–Kier alpha value is -1.26. The number of nitrogens with one attached hydrogen (secondary N) is 1. The van der Waals surface area contributed by atoms with Crippen molar-refractivity contribution in [2.24, 2.45) is 0 Å². The van der Waals surface area contributed by atoms with E-state index in [2.05, 4.69) is 21.2 Å². The van der Waals surface area contributed by atoms with Gasteiger partial charge in [0, 0.05) is 22.8 Å². The summed E-state index contributed by atoms with van der Waals surface area (Å²) in [5.74, 6) is 0.957. The van der Waals surface area contributed by atoms with Crippen LogP contribution in [-0.2, 0) is 17.9 Å². The first-order valence-electron chi connectivity index (χ1n) is 5.75. The molecule has 0 aliphatic carbocycles. The number of rotatable bonds is 5. The highest BCUT2D eigenvalue weighted by atomic mass is 79.9. The van der Waals surface area contributed by atoms with Gasteiger partial charge in [0.25, 0.3) is 0 Å². The molecule has 2 aromatic rings. The van der Waals surface area contributed by atoms with Crippen molar-refractivity contribution < 1.29 is 9.15 Å². The summed E-state index contributed by atoms with van der Waals surface area (Å²) in [5.41, 5.74) is 3.33. The standard InChI is InChI=1S/C14H16BrNO2/c1-10-6-7-18-14(10)8-16-13-5-3-4-12(15)11(13)9-17-2/h3-7,16H,8-9H2,1-2H3. The second-order valence-corrected chi connectivity index (χ2v) is 4.93. The number of hydrogen-bond acceptors (Lipinski definition) is 3. The lowest BCUT2D eigenvalue weighted by Gasteiger charge is -2.12. The van der Waals surface area contributed by atoms with Gasteiger partial charge in [-0.3, -0.25) is 0 Å². The number of aryl methyl sites for hydroxylation is 1. The van der Waals surface area contributed by atoms with Crippen LogP contribution in [0.3, 0.4) is 0 Å². The van der Waals surface area contributed by atoms with Crippen molar-refractivity contribution in [3.8, 4) is 0 Å². The normalized spacial score (nSPS) is 10.6. The molecule has 0 radical (unpaired) electrons. The van der Waals surface area contributed by atoms with Gasteiger partial charge in [-0.15, -0.1) is 0 Å². The fourth-order valence-corrected chi connectivity index (χ4v) is 2.26. The maximum Gasteiger partial charge on any atom is 0.125 e. The van der Waals surface area contributed by atoms with Crippen molar-refractivity contribution in [3.63, 3.8) is 0 Å². The van der Waals surface area contributed by atoms with E-state index in [9.17, 15) is 0 Å². The van der Waals surface area contributed by atoms with E-state index in [0.717, 1.165) is 27.0 Å². The molecule has 0 saturated heterocycles. The maximum absolute atomic E-state index is 5.41. The van der Waals surface area contributed by atoms with Crippen LogP contribution in [0.4, 0.5) is 5.69 Å². The van der Waals surface area contributed by atoms with Gasteiger partial charge in [0.05, 0.1) is 19.4 Å². The zero-order valence-corrected chi connectivity index (χ0v) is 12.1. The topological polar surface area (TPSA) is 34.4 Å². The van der Waals surface area contributed by atoms with E-state index in [1.165, 1.54) is 0 Å². The molecule has 3 nitrogen and oxygen atoms in total. The number of hydrogen-bond donors (Lipinski definition) is 1. The Morgan fingerprint density at radius 2 is 2.17 bits per heavy atom. The van der Waals surface area contributed by atoms with E-state index in [4.69, 9.17) is 9.15 Å². The Labute approximate surface area is 115 Å². The van der Waals surface area contributed by atoms with E-state index in [-0.39, 0.29) is 0 Å². The van der Waals surface area contributed by atoms with Crippen molar-refractivity contribution in [2.75, 3.05) is 12.4 Å². The minimum atomic E-state index is 0.570. The molecule has 0 aliphatic heterocycles. The van der Waals surface area contributed by atoms with Gasteiger partial charge in [-0.1, -0.05) is 22.0 Å². The van der Waals surface area contributed by atoms with Gasteiger partial charge < -0.3 is 14.5 Å². The van der Waals surface area contributed by atoms with Crippen LogP contribution in [0, 0.1) is 6.92 Å². The van der Waals surface area contributed by atoms with Crippen molar-refractivity contribution in [2.45, 2.75) is 20.1 Å². The molecule has 18 heavy (non-hydrogen) atoms. The van der Waals surface area contributed by atoms with Crippen LogP contribution < -0.4 is 5.32 Å². The Balaban J connectivity index is 2.14.